The number of aromatic nitrogens is 2. The van der Waals surface area contributed by atoms with E-state index in [1.54, 1.807) is 52.3 Å². The lowest BCUT2D eigenvalue weighted by Crippen LogP contribution is -2.50. The van der Waals surface area contributed by atoms with Gasteiger partial charge in [0.2, 0.25) is 10.0 Å². The van der Waals surface area contributed by atoms with E-state index in [9.17, 15) is 22.0 Å². The Kier molecular flexibility index (Phi) is 5.35. The predicted molar refractivity (Wildman–Crippen MR) is 105 cm³/mol. The molecule has 1 fully saturated rings. The van der Waals surface area contributed by atoms with Gasteiger partial charge in [-0.05, 0) is 42.5 Å². The highest BCUT2D eigenvalue weighted by Gasteiger charge is 2.32. The highest BCUT2D eigenvalue weighted by atomic mass is 32.2. The summed E-state index contributed by atoms with van der Waals surface area (Å²) in [5.74, 6) is -2.20. The molecule has 3 aromatic rings. The summed E-state index contributed by atoms with van der Waals surface area (Å²) in [6.45, 7) is 0.385. The van der Waals surface area contributed by atoms with Crippen molar-refractivity contribution in [2.45, 2.75) is 4.90 Å². The van der Waals surface area contributed by atoms with Gasteiger partial charge in [0.15, 0.2) is 0 Å². The van der Waals surface area contributed by atoms with Crippen molar-refractivity contribution in [2.24, 2.45) is 0 Å². The summed E-state index contributed by atoms with van der Waals surface area (Å²) in [5.41, 5.74) is 1.29. The SMILES string of the molecule is O=C(c1ccc(-n2cccn2)cc1)N1CCN(S(=O)(=O)c2ccc(F)cc2F)CC1. The summed E-state index contributed by atoms with van der Waals surface area (Å²) in [6.07, 6.45) is 3.45. The van der Waals surface area contributed by atoms with E-state index in [4.69, 9.17) is 0 Å². The van der Waals surface area contributed by atoms with Gasteiger partial charge in [0.05, 0.1) is 5.69 Å². The average molecular weight is 432 g/mol. The van der Waals surface area contributed by atoms with Gasteiger partial charge in [-0.15, -0.1) is 0 Å². The fraction of sp³-hybridized carbons (Fsp3) is 0.200. The minimum Gasteiger partial charge on any atom is -0.336 e. The van der Waals surface area contributed by atoms with E-state index in [1.807, 2.05) is 0 Å². The molecule has 0 spiro atoms. The van der Waals surface area contributed by atoms with Gasteiger partial charge in [-0.2, -0.15) is 9.40 Å². The first-order valence-electron chi connectivity index (χ1n) is 9.21. The van der Waals surface area contributed by atoms with Gasteiger partial charge in [-0.25, -0.2) is 21.9 Å². The fourth-order valence-electron chi connectivity index (χ4n) is 3.32. The highest BCUT2D eigenvalue weighted by Crippen LogP contribution is 2.22. The minimum absolute atomic E-state index is 0.0241. The van der Waals surface area contributed by atoms with Crippen LogP contribution < -0.4 is 0 Å². The van der Waals surface area contributed by atoms with Crippen molar-refractivity contribution in [3.63, 3.8) is 0 Å². The smallest absolute Gasteiger partial charge is 0.253 e. The van der Waals surface area contributed by atoms with E-state index < -0.39 is 26.6 Å². The summed E-state index contributed by atoms with van der Waals surface area (Å²) in [5, 5.41) is 4.13. The van der Waals surface area contributed by atoms with Gasteiger partial charge in [-0.1, -0.05) is 0 Å². The van der Waals surface area contributed by atoms with Crippen molar-refractivity contribution in [2.75, 3.05) is 26.2 Å². The van der Waals surface area contributed by atoms with Crippen LogP contribution in [0.1, 0.15) is 10.4 Å². The Hall–Kier alpha value is -3.11. The zero-order valence-electron chi connectivity index (χ0n) is 15.8. The Morgan fingerprint density at radius 1 is 0.967 bits per heavy atom. The Morgan fingerprint density at radius 2 is 1.67 bits per heavy atom. The second-order valence-electron chi connectivity index (χ2n) is 6.77. The molecule has 0 N–H and O–H groups in total. The second-order valence-corrected chi connectivity index (χ2v) is 8.67. The van der Waals surface area contributed by atoms with Crippen molar-refractivity contribution in [3.8, 4) is 5.69 Å². The van der Waals surface area contributed by atoms with Gasteiger partial charge in [0.1, 0.15) is 16.5 Å². The first-order chi connectivity index (χ1) is 14.4. The van der Waals surface area contributed by atoms with Crippen LogP contribution in [0, 0.1) is 11.6 Å². The van der Waals surface area contributed by atoms with Crippen LogP contribution in [0.4, 0.5) is 8.78 Å². The average Bonchev–Trinajstić information content (AvgIpc) is 3.28. The highest BCUT2D eigenvalue weighted by molar-refractivity contribution is 7.89. The summed E-state index contributed by atoms with van der Waals surface area (Å²) in [4.78, 5) is 13.7. The second kappa shape index (κ2) is 7.96. The Bertz CT molecular complexity index is 1160. The molecule has 1 aliphatic heterocycles. The van der Waals surface area contributed by atoms with Crippen molar-refractivity contribution in [1.82, 2.24) is 19.0 Å². The van der Waals surface area contributed by atoms with Crippen LogP contribution in [0.3, 0.4) is 0 Å². The number of hydrogen-bond acceptors (Lipinski definition) is 4. The molecular formula is C20H18F2N4O3S. The molecule has 7 nitrogen and oxygen atoms in total. The van der Waals surface area contributed by atoms with Gasteiger partial charge in [-0.3, -0.25) is 4.79 Å². The fourth-order valence-corrected chi connectivity index (χ4v) is 4.78. The lowest BCUT2D eigenvalue weighted by molar-refractivity contribution is 0.0697. The molecule has 0 saturated carbocycles. The van der Waals surface area contributed by atoms with Crippen LogP contribution in [0.15, 0.2) is 65.8 Å². The van der Waals surface area contributed by atoms with E-state index in [2.05, 4.69) is 5.10 Å². The van der Waals surface area contributed by atoms with Gasteiger partial charge in [0, 0.05) is 50.2 Å². The Labute approximate surface area is 172 Å². The lowest BCUT2D eigenvalue weighted by atomic mass is 10.1. The van der Waals surface area contributed by atoms with Crippen molar-refractivity contribution >= 4 is 15.9 Å². The maximum absolute atomic E-state index is 13.9. The number of carbonyl (C=O) groups excluding carboxylic acids is 1. The molecule has 1 amide bonds. The van der Waals surface area contributed by atoms with E-state index >= 15 is 0 Å². The monoisotopic (exact) mass is 432 g/mol. The lowest BCUT2D eigenvalue weighted by Gasteiger charge is -2.34. The summed E-state index contributed by atoms with van der Waals surface area (Å²) in [7, 11) is -4.11. The zero-order chi connectivity index (χ0) is 21.3. The molecule has 1 aliphatic rings. The molecule has 2 heterocycles. The standard InChI is InChI=1S/C20H18F2N4O3S/c21-16-4-7-19(18(22)14-16)30(28,29)25-12-10-24(11-13-25)20(27)15-2-5-17(6-3-15)26-9-1-8-23-26/h1-9,14H,10-13H2. The molecule has 0 unspecified atom stereocenters. The zero-order valence-corrected chi connectivity index (χ0v) is 16.6. The maximum Gasteiger partial charge on any atom is 0.253 e. The molecule has 0 bridgehead atoms. The first-order valence-corrected chi connectivity index (χ1v) is 10.6. The third kappa shape index (κ3) is 3.83. The number of hydrogen-bond donors (Lipinski definition) is 0. The van der Waals surface area contributed by atoms with E-state index in [0.29, 0.717) is 11.6 Å². The van der Waals surface area contributed by atoms with Gasteiger partial charge < -0.3 is 4.90 Å². The minimum atomic E-state index is -4.11. The number of carbonyl (C=O) groups is 1. The van der Waals surface area contributed by atoms with E-state index in [-0.39, 0.29) is 32.1 Å². The largest absolute Gasteiger partial charge is 0.336 e. The van der Waals surface area contributed by atoms with E-state index in [1.165, 1.54) is 0 Å². The third-order valence-electron chi connectivity index (χ3n) is 4.92. The normalized spacial score (nSPS) is 15.3. The number of nitrogens with zero attached hydrogens (tertiary/aromatic N) is 4. The molecule has 2 aromatic carbocycles. The van der Waals surface area contributed by atoms with E-state index in [0.717, 1.165) is 22.1 Å². The third-order valence-corrected chi connectivity index (χ3v) is 6.85. The molecule has 30 heavy (non-hydrogen) atoms. The van der Waals surface area contributed by atoms with Crippen molar-refractivity contribution in [1.29, 1.82) is 0 Å². The first kappa shape index (κ1) is 20.2. The van der Waals surface area contributed by atoms with Crippen molar-refractivity contribution in [3.05, 3.63) is 78.1 Å². The van der Waals surface area contributed by atoms with Crippen LogP contribution >= 0.6 is 0 Å². The predicted octanol–water partition coefficient (Wildman–Crippen LogP) is 2.30. The van der Waals surface area contributed by atoms with Gasteiger partial charge >= 0.3 is 0 Å². The molecule has 0 atom stereocenters. The number of halogens is 2. The van der Waals surface area contributed by atoms with Crippen LogP contribution in [0.2, 0.25) is 0 Å². The van der Waals surface area contributed by atoms with Crippen LogP contribution in [-0.2, 0) is 10.0 Å². The molecule has 0 radical (unpaired) electrons. The molecule has 0 aliphatic carbocycles. The molecule has 156 valence electrons. The van der Waals surface area contributed by atoms with Crippen LogP contribution in [0.25, 0.3) is 5.69 Å². The number of piperazine rings is 1. The van der Waals surface area contributed by atoms with Crippen LogP contribution in [-0.4, -0.2) is 59.5 Å². The summed E-state index contributed by atoms with van der Waals surface area (Å²) >= 11 is 0. The summed E-state index contributed by atoms with van der Waals surface area (Å²) in [6, 6.07) is 11.1. The molecule has 4 rings (SSSR count). The van der Waals surface area contributed by atoms with Crippen LogP contribution in [0.5, 0.6) is 0 Å². The molecular weight excluding hydrogens is 414 g/mol. The maximum atomic E-state index is 13.9. The Balaban J connectivity index is 1.43. The molecule has 1 saturated heterocycles. The quantitative estimate of drug-likeness (QED) is 0.634. The number of amides is 1. The number of sulfonamides is 1. The Morgan fingerprint density at radius 3 is 2.27 bits per heavy atom. The molecule has 10 heteroatoms. The van der Waals surface area contributed by atoms with Gasteiger partial charge in [0.25, 0.3) is 5.91 Å². The summed E-state index contributed by atoms with van der Waals surface area (Å²) < 4.78 is 55.1. The van der Waals surface area contributed by atoms with Crippen molar-refractivity contribution < 1.29 is 22.0 Å². The topological polar surface area (TPSA) is 75.5 Å². The molecule has 1 aromatic heterocycles. The number of benzene rings is 2. The number of rotatable bonds is 4.